The second-order valence-electron chi connectivity index (χ2n) is 5.70. The zero-order valence-corrected chi connectivity index (χ0v) is 12.3. The van der Waals surface area contributed by atoms with E-state index in [0.29, 0.717) is 24.9 Å². The minimum Gasteiger partial charge on any atom is -0.389 e. The molecular weight excluding hydrogens is 268 g/mol. The van der Waals surface area contributed by atoms with Gasteiger partial charge in [-0.1, -0.05) is 25.0 Å². The molecule has 0 bridgehead atoms. The van der Waals surface area contributed by atoms with Gasteiger partial charge in [-0.15, -0.1) is 0 Å². The lowest BCUT2D eigenvalue weighted by Gasteiger charge is -2.21. The van der Waals surface area contributed by atoms with Gasteiger partial charge in [0.05, 0.1) is 18.4 Å². The van der Waals surface area contributed by atoms with Gasteiger partial charge in [0, 0.05) is 12.7 Å². The lowest BCUT2D eigenvalue weighted by atomic mass is 9.97. The molecule has 2 amide bonds. The topological polar surface area (TPSA) is 78.4 Å². The van der Waals surface area contributed by atoms with Gasteiger partial charge in [0.25, 0.3) is 0 Å². The predicted molar refractivity (Wildman–Crippen MR) is 80.9 cm³/mol. The van der Waals surface area contributed by atoms with E-state index in [0.717, 1.165) is 18.4 Å². The third-order valence-corrected chi connectivity index (χ3v) is 3.91. The Bertz CT molecular complexity index is 505. The highest BCUT2D eigenvalue weighted by Gasteiger charge is 2.33. The summed E-state index contributed by atoms with van der Waals surface area (Å²) in [5.41, 5.74) is 0.743. The fraction of sp³-hybridized carbons (Fsp3) is 0.500. The molecule has 0 unspecified atom stereocenters. The van der Waals surface area contributed by atoms with E-state index in [2.05, 4.69) is 10.6 Å². The summed E-state index contributed by atoms with van der Waals surface area (Å²) in [5, 5.41) is 15.6. The molecule has 1 aliphatic rings. The maximum atomic E-state index is 11.9. The van der Waals surface area contributed by atoms with Gasteiger partial charge in [0.1, 0.15) is 0 Å². The molecule has 114 valence electrons. The molecule has 2 rings (SSSR count). The molecule has 21 heavy (non-hydrogen) atoms. The van der Waals surface area contributed by atoms with Crippen molar-refractivity contribution in [3.05, 3.63) is 29.8 Å². The van der Waals surface area contributed by atoms with Crippen LogP contribution in [0.4, 0.5) is 5.69 Å². The molecule has 0 spiro atoms. The lowest BCUT2D eigenvalue weighted by Crippen LogP contribution is -2.30. The van der Waals surface area contributed by atoms with Gasteiger partial charge in [-0.3, -0.25) is 9.59 Å². The van der Waals surface area contributed by atoms with E-state index in [1.165, 1.54) is 0 Å². The number of benzene rings is 1. The summed E-state index contributed by atoms with van der Waals surface area (Å²) >= 11 is 0. The van der Waals surface area contributed by atoms with E-state index in [1.807, 2.05) is 12.1 Å². The first-order valence-electron chi connectivity index (χ1n) is 7.32. The average Bonchev–Trinajstić information content (AvgIpc) is 2.87. The summed E-state index contributed by atoms with van der Waals surface area (Å²) in [5.74, 6) is -0.214. The van der Waals surface area contributed by atoms with Gasteiger partial charge in [0.2, 0.25) is 11.8 Å². The molecule has 0 heterocycles. The largest absolute Gasteiger partial charge is 0.389 e. The van der Waals surface area contributed by atoms with Crippen molar-refractivity contribution in [3.8, 4) is 0 Å². The maximum Gasteiger partial charge on any atom is 0.227 e. The predicted octanol–water partition coefficient (Wildman–Crippen LogP) is 1.61. The number of aliphatic hydroxyl groups is 1. The average molecular weight is 290 g/mol. The van der Waals surface area contributed by atoms with Gasteiger partial charge in [-0.2, -0.15) is 0 Å². The second kappa shape index (κ2) is 6.72. The van der Waals surface area contributed by atoms with E-state index in [4.69, 9.17) is 0 Å². The van der Waals surface area contributed by atoms with Crippen molar-refractivity contribution in [2.45, 2.75) is 44.1 Å². The normalized spacial score (nSPS) is 16.5. The number of hydrogen-bond donors (Lipinski definition) is 3. The first-order chi connectivity index (χ1) is 10.0. The van der Waals surface area contributed by atoms with Gasteiger partial charge in [0.15, 0.2) is 0 Å². The molecule has 0 radical (unpaired) electrons. The molecule has 1 saturated carbocycles. The number of rotatable bonds is 5. The van der Waals surface area contributed by atoms with Crippen molar-refractivity contribution in [1.82, 2.24) is 5.32 Å². The van der Waals surface area contributed by atoms with Crippen LogP contribution in [0.2, 0.25) is 0 Å². The van der Waals surface area contributed by atoms with Crippen LogP contribution in [0.5, 0.6) is 0 Å². The molecule has 1 aromatic carbocycles. The highest BCUT2D eigenvalue weighted by Crippen LogP contribution is 2.32. The fourth-order valence-electron chi connectivity index (χ4n) is 2.69. The Morgan fingerprint density at radius 2 is 1.76 bits per heavy atom. The van der Waals surface area contributed by atoms with Gasteiger partial charge in [-0.05, 0) is 30.5 Å². The highest BCUT2D eigenvalue weighted by molar-refractivity contribution is 5.91. The Kier molecular flexibility index (Phi) is 4.96. The Balaban J connectivity index is 1.87. The number of amides is 2. The minimum absolute atomic E-state index is 0.0461. The van der Waals surface area contributed by atoms with E-state index in [1.54, 1.807) is 19.2 Å². The molecule has 0 saturated heterocycles. The van der Waals surface area contributed by atoms with Crippen LogP contribution in [0.3, 0.4) is 0 Å². The van der Waals surface area contributed by atoms with Crippen LogP contribution in [-0.2, 0) is 16.0 Å². The summed E-state index contributed by atoms with van der Waals surface area (Å²) in [7, 11) is 1.60. The molecule has 1 fully saturated rings. The molecule has 0 atom stereocenters. The summed E-state index contributed by atoms with van der Waals surface area (Å²) in [4.78, 5) is 23.2. The molecule has 5 heteroatoms. The standard InChI is InChI=1S/C16H22N2O3/c1-17-14(19)10-12-4-6-13(7-5-12)18-15(20)11-16(21)8-2-3-9-16/h4-7,21H,2-3,8-11H2,1H3,(H,17,19)(H,18,20). The number of carbonyl (C=O) groups excluding carboxylic acids is 2. The summed E-state index contributed by atoms with van der Waals surface area (Å²) in [6, 6.07) is 7.17. The van der Waals surface area contributed by atoms with Crippen molar-refractivity contribution in [2.75, 3.05) is 12.4 Å². The number of likely N-dealkylation sites (N-methyl/N-ethyl adjacent to an activating group) is 1. The van der Waals surface area contributed by atoms with E-state index in [9.17, 15) is 14.7 Å². The number of nitrogens with one attached hydrogen (secondary N) is 2. The summed E-state index contributed by atoms with van der Waals surface area (Å²) in [6.45, 7) is 0. The van der Waals surface area contributed by atoms with Crippen molar-refractivity contribution in [3.63, 3.8) is 0 Å². The van der Waals surface area contributed by atoms with Crippen LogP contribution in [0, 0.1) is 0 Å². The molecule has 1 aromatic rings. The van der Waals surface area contributed by atoms with Gasteiger partial charge >= 0.3 is 0 Å². The second-order valence-corrected chi connectivity index (χ2v) is 5.70. The molecule has 0 aliphatic heterocycles. The zero-order valence-electron chi connectivity index (χ0n) is 12.3. The van der Waals surface area contributed by atoms with Crippen LogP contribution >= 0.6 is 0 Å². The minimum atomic E-state index is -0.830. The van der Waals surface area contributed by atoms with Gasteiger partial charge in [-0.25, -0.2) is 0 Å². The monoisotopic (exact) mass is 290 g/mol. The highest BCUT2D eigenvalue weighted by atomic mass is 16.3. The van der Waals surface area contributed by atoms with Crippen LogP contribution in [0.15, 0.2) is 24.3 Å². The summed E-state index contributed by atoms with van der Waals surface area (Å²) in [6.07, 6.45) is 3.84. The van der Waals surface area contributed by atoms with E-state index >= 15 is 0 Å². The van der Waals surface area contributed by atoms with Crippen LogP contribution in [0.25, 0.3) is 0 Å². The first-order valence-corrected chi connectivity index (χ1v) is 7.32. The fourth-order valence-corrected chi connectivity index (χ4v) is 2.69. The molecule has 3 N–H and O–H groups in total. The van der Waals surface area contributed by atoms with E-state index < -0.39 is 5.60 Å². The van der Waals surface area contributed by atoms with Crippen LogP contribution in [0.1, 0.15) is 37.7 Å². The third-order valence-electron chi connectivity index (χ3n) is 3.91. The van der Waals surface area contributed by atoms with Crippen molar-refractivity contribution in [2.24, 2.45) is 0 Å². The molecule has 0 aromatic heterocycles. The van der Waals surface area contributed by atoms with Crippen molar-refractivity contribution >= 4 is 17.5 Å². The quantitative estimate of drug-likeness (QED) is 0.771. The zero-order chi connectivity index (χ0) is 15.3. The maximum absolute atomic E-state index is 11.9. The first kappa shape index (κ1) is 15.5. The molecule has 1 aliphatic carbocycles. The van der Waals surface area contributed by atoms with E-state index in [-0.39, 0.29) is 18.2 Å². The smallest absolute Gasteiger partial charge is 0.227 e. The van der Waals surface area contributed by atoms with Gasteiger partial charge < -0.3 is 15.7 Å². The number of carbonyl (C=O) groups is 2. The third kappa shape index (κ3) is 4.56. The SMILES string of the molecule is CNC(=O)Cc1ccc(NC(=O)CC2(O)CCCC2)cc1. The molecular formula is C16H22N2O3. The Hall–Kier alpha value is -1.88. The van der Waals surface area contributed by atoms with Crippen molar-refractivity contribution < 1.29 is 14.7 Å². The van der Waals surface area contributed by atoms with Crippen molar-refractivity contribution in [1.29, 1.82) is 0 Å². The van der Waals surface area contributed by atoms with Crippen LogP contribution in [-0.4, -0.2) is 29.6 Å². The number of anilines is 1. The van der Waals surface area contributed by atoms with Crippen LogP contribution < -0.4 is 10.6 Å². The lowest BCUT2D eigenvalue weighted by molar-refractivity contribution is -0.121. The molecule has 5 nitrogen and oxygen atoms in total. The Labute approximate surface area is 124 Å². The Morgan fingerprint density at radius 3 is 2.33 bits per heavy atom. The Morgan fingerprint density at radius 1 is 1.14 bits per heavy atom. The number of hydrogen-bond acceptors (Lipinski definition) is 3. The summed E-state index contributed by atoms with van der Waals surface area (Å²) < 4.78 is 0.